The number of nitrogens with one attached hydrogen (secondary N) is 1. The average Bonchev–Trinajstić information content (AvgIpc) is 2.35. The zero-order valence-corrected chi connectivity index (χ0v) is 11.8. The topological polar surface area (TPSA) is 56.3 Å². The molecule has 96 valence electrons. The summed E-state index contributed by atoms with van der Waals surface area (Å²) in [5.41, 5.74) is 0. The number of hydrogen-bond donors (Lipinski definition) is 1. The van der Waals surface area contributed by atoms with E-state index in [4.69, 9.17) is 9.47 Å². The van der Waals surface area contributed by atoms with Crippen molar-refractivity contribution in [3.63, 3.8) is 0 Å². The Bertz CT molecular complexity index is 336. The summed E-state index contributed by atoms with van der Waals surface area (Å²) in [6, 6.07) is 0. The average molecular weight is 304 g/mol. The van der Waals surface area contributed by atoms with Crippen LogP contribution in [-0.2, 0) is 4.74 Å². The summed E-state index contributed by atoms with van der Waals surface area (Å²) >= 11 is 3.30. The number of halogens is 1. The van der Waals surface area contributed by atoms with Crippen LogP contribution in [0.4, 0.5) is 5.95 Å². The number of anilines is 1. The van der Waals surface area contributed by atoms with Gasteiger partial charge in [0.2, 0.25) is 11.8 Å². The molecule has 0 amide bonds. The van der Waals surface area contributed by atoms with Gasteiger partial charge in [0.1, 0.15) is 0 Å². The second kappa shape index (κ2) is 8.25. The highest BCUT2D eigenvalue weighted by Crippen LogP contribution is 2.21. The molecular weight excluding hydrogens is 286 g/mol. The van der Waals surface area contributed by atoms with E-state index < -0.39 is 0 Å². The van der Waals surface area contributed by atoms with Gasteiger partial charge in [-0.1, -0.05) is 13.3 Å². The van der Waals surface area contributed by atoms with Crippen LogP contribution in [0.25, 0.3) is 0 Å². The van der Waals surface area contributed by atoms with Gasteiger partial charge in [0.05, 0.1) is 24.4 Å². The van der Waals surface area contributed by atoms with Gasteiger partial charge in [-0.05, 0) is 22.4 Å². The van der Waals surface area contributed by atoms with Gasteiger partial charge in [-0.2, -0.15) is 4.98 Å². The van der Waals surface area contributed by atoms with Crippen LogP contribution >= 0.6 is 15.9 Å². The van der Waals surface area contributed by atoms with E-state index in [1.807, 2.05) is 0 Å². The van der Waals surface area contributed by atoms with Crippen LogP contribution in [0.2, 0.25) is 0 Å². The summed E-state index contributed by atoms with van der Waals surface area (Å²) in [7, 11) is 1.57. The van der Waals surface area contributed by atoms with E-state index >= 15 is 0 Å². The lowest BCUT2D eigenvalue weighted by Crippen LogP contribution is -2.12. The first-order valence-electron chi connectivity index (χ1n) is 5.66. The minimum Gasteiger partial charge on any atom is -0.480 e. The molecule has 1 rings (SSSR count). The Kier molecular flexibility index (Phi) is 6.88. The van der Waals surface area contributed by atoms with E-state index in [2.05, 4.69) is 38.1 Å². The van der Waals surface area contributed by atoms with Gasteiger partial charge in [0.15, 0.2) is 0 Å². The third kappa shape index (κ3) is 5.32. The Balaban J connectivity index is 2.27. The van der Waals surface area contributed by atoms with Crippen molar-refractivity contribution in [2.45, 2.75) is 19.8 Å². The fourth-order valence-corrected chi connectivity index (χ4v) is 1.52. The van der Waals surface area contributed by atoms with Gasteiger partial charge in [0.25, 0.3) is 0 Å². The fraction of sp³-hybridized carbons (Fsp3) is 0.636. The van der Waals surface area contributed by atoms with Gasteiger partial charge >= 0.3 is 0 Å². The molecule has 0 unspecified atom stereocenters. The maximum Gasteiger partial charge on any atom is 0.232 e. The molecule has 0 saturated carbocycles. The van der Waals surface area contributed by atoms with Crippen molar-refractivity contribution in [1.29, 1.82) is 0 Å². The Morgan fingerprint density at radius 1 is 1.41 bits per heavy atom. The Morgan fingerprint density at radius 3 is 2.94 bits per heavy atom. The first-order chi connectivity index (χ1) is 8.27. The molecule has 0 radical (unpaired) electrons. The van der Waals surface area contributed by atoms with Crippen LogP contribution in [0, 0.1) is 0 Å². The van der Waals surface area contributed by atoms with Crippen LogP contribution in [0.1, 0.15) is 19.8 Å². The zero-order chi connectivity index (χ0) is 12.5. The van der Waals surface area contributed by atoms with Crippen molar-refractivity contribution in [2.75, 3.05) is 32.2 Å². The van der Waals surface area contributed by atoms with Gasteiger partial charge in [0, 0.05) is 13.2 Å². The van der Waals surface area contributed by atoms with Crippen molar-refractivity contribution in [3.05, 3.63) is 10.7 Å². The molecule has 0 bridgehead atoms. The third-order valence-corrected chi connectivity index (χ3v) is 2.62. The standard InChI is InChI=1S/C11H18BrN3O2/c1-3-4-6-17-7-5-13-11-14-8-9(12)10(15-11)16-2/h8H,3-7H2,1-2H3,(H,13,14,15). The molecule has 1 heterocycles. The predicted molar refractivity (Wildman–Crippen MR) is 70.5 cm³/mol. The van der Waals surface area contributed by atoms with E-state index in [1.54, 1.807) is 13.3 Å². The van der Waals surface area contributed by atoms with Crippen molar-refractivity contribution in [1.82, 2.24) is 9.97 Å². The Hall–Kier alpha value is -0.880. The van der Waals surface area contributed by atoms with Crippen LogP contribution in [0.5, 0.6) is 5.88 Å². The largest absolute Gasteiger partial charge is 0.480 e. The number of unbranched alkanes of at least 4 members (excludes halogenated alkanes) is 1. The number of rotatable bonds is 8. The molecule has 1 N–H and O–H groups in total. The predicted octanol–water partition coefficient (Wildman–Crippen LogP) is 2.48. The highest BCUT2D eigenvalue weighted by atomic mass is 79.9. The van der Waals surface area contributed by atoms with Gasteiger partial charge in [-0.3, -0.25) is 0 Å². The lowest BCUT2D eigenvalue weighted by Gasteiger charge is -2.07. The monoisotopic (exact) mass is 303 g/mol. The minimum absolute atomic E-state index is 0.523. The zero-order valence-electron chi connectivity index (χ0n) is 10.2. The molecule has 0 spiro atoms. The molecule has 1 aromatic heterocycles. The van der Waals surface area contributed by atoms with E-state index in [0.717, 1.165) is 23.9 Å². The number of aromatic nitrogens is 2. The van der Waals surface area contributed by atoms with Crippen LogP contribution in [0.3, 0.4) is 0 Å². The van der Waals surface area contributed by atoms with Crippen molar-refractivity contribution in [2.24, 2.45) is 0 Å². The Morgan fingerprint density at radius 2 is 2.24 bits per heavy atom. The Labute approximate surface area is 110 Å². The van der Waals surface area contributed by atoms with Crippen molar-refractivity contribution < 1.29 is 9.47 Å². The van der Waals surface area contributed by atoms with Gasteiger partial charge < -0.3 is 14.8 Å². The minimum atomic E-state index is 0.523. The molecule has 17 heavy (non-hydrogen) atoms. The second-order valence-electron chi connectivity index (χ2n) is 3.44. The van der Waals surface area contributed by atoms with Crippen LogP contribution in [0.15, 0.2) is 10.7 Å². The maximum absolute atomic E-state index is 5.42. The summed E-state index contributed by atoms with van der Waals surface area (Å²) < 4.78 is 11.2. The van der Waals surface area contributed by atoms with E-state index in [0.29, 0.717) is 25.0 Å². The molecule has 5 nitrogen and oxygen atoms in total. The fourth-order valence-electron chi connectivity index (χ4n) is 1.16. The van der Waals surface area contributed by atoms with Crippen molar-refractivity contribution in [3.8, 4) is 5.88 Å². The van der Waals surface area contributed by atoms with Crippen LogP contribution < -0.4 is 10.1 Å². The number of hydrogen-bond acceptors (Lipinski definition) is 5. The van der Waals surface area contributed by atoms with Gasteiger partial charge in [-0.25, -0.2) is 4.98 Å². The normalized spacial score (nSPS) is 10.3. The van der Waals surface area contributed by atoms with E-state index in [9.17, 15) is 0 Å². The molecule has 0 saturated heterocycles. The first kappa shape index (κ1) is 14.2. The number of nitrogens with zero attached hydrogens (tertiary/aromatic N) is 2. The quantitative estimate of drug-likeness (QED) is 0.748. The molecule has 1 aromatic rings. The molecule has 6 heteroatoms. The maximum atomic E-state index is 5.42. The van der Waals surface area contributed by atoms with Gasteiger partial charge in [-0.15, -0.1) is 0 Å². The summed E-state index contributed by atoms with van der Waals surface area (Å²) in [6.45, 7) is 4.29. The summed E-state index contributed by atoms with van der Waals surface area (Å²) in [6.07, 6.45) is 3.91. The summed E-state index contributed by atoms with van der Waals surface area (Å²) in [4.78, 5) is 8.29. The first-order valence-corrected chi connectivity index (χ1v) is 6.45. The SMILES string of the molecule is CCCCOCCNc1ncc(Br)c(OC)n1. The highest BCUT2D eigenvalue weighted by Gasteiger charge is 2.03. The molecule has 0 aliphatic carbocycles. The summed E-state index contributed by atoms with van der Waals surface area (Å²) in [5, 5.41) is 3.08. The van der Waals surface area contributed by atoms with E-state index in [-0.39, 0.29) is 0 Å². The molecule has 0 atom stereocenters. The molecular formula is C11H18BrN3O2. The second-order valence-corrected chi connectivity index (χ2v) is 4.30. The molecule has 0 aliphatic heterocycles. The smallest absolute Gasteiger partial charge is 0.232 e. The van der Waals surface area contributed by atoms with Crippen LogP contribution in [-0.4, -0.2) is 36.8 Å². The third-order valence-electron chi connectivity index (χ3n) is 2.08. The van der Waals surface area contributed by atoms with E-state index in [1.165, 1.54) is 0 Å². The molecule has 0 aromatic carbocycles. The highest BCUT2D eigenvalue weighted by molar-refractivity contribution is 9.10. The van der Waals surface area contributed by atoms with Crippen molar-refractivity contribution >= 4 is 21.9 Å². The molecule has 0 aliphatic rings. The summed E-state index contributed by atoms with van der Waals surface area (Å²) in [5.74, 6) is 1.07. The molecule has 0 fully saturated rings. The number of ether oxygens (including phenoxy) is 2. The lowest BCUT2D eigenvalue weighted by atomic mass is 10.4. The lowest BCUT2D eigenvalue weighted by molar-refractivity contribution is 0.141. The number of methoxy groups -OCH3 is 1.